The molecule has 0 aromatic heterocycles. The fourth-order valence-corrected chi connectivity index (χ4v) is 1.79. The van der Waals surface area contributed by atoms with Gasteiger partial charge in [0.1, 0.15) is 0 Å². The molecule has 0 bridgehead atoms. The fourth-order valence-electron chi connectivity index (χ4n) is 1.79. The van der Waals surface area contributed by atoms with Crippen molar-refractivity contribution in [1.82, 2.24) is 10.7 Å². The summed E-state index contributed by atoms with van der Waals surface area (Å²) in [5.74, 6) is 6.91. The van der Waals surface area contributed by atoms with Crippen molar-refractivity contribution in [2.75, 3.05) is 26.8 Å². The van der Waals surface area contributed by atoms with Crippen molar-refractivity contribution in [3.8, 4) is 0 Å². The molecule has 5 nitrogen and oxygen atoms in total. The van der Waals surface area contributed by atoms with Crippen LogP contribution in [0.2, 0.25) is 0 Å². The van der Waals surface area contributed by atoms with Gasteiger partial charge >= 0.3 is 0 Å². The summed E-state index contributed by atoms with van der Waals surface area (Å²) in [4.78, 5) is 4.33. The Morgan fingerprint density at radius 2 is 1.89 bits per heavy atom. The molecule has 0 aliphatic carbocycles. The first kappa shape index (κ1) is 18.2. The van der Waals surface area contributed by atoms with Crippen molar-refractivity contribution in [1.29, 1.82) is 0 Å². The highest BCUT2D eigenvalue weighted by molar-refractivity contribution is 5.79. The minimum atomic E-state index is 0.679. The molecule has 0 fully saturated rings. The number of rotatable bonds is 11. The maximum absolute atomic E-state index is 5.41. The van der Waals surface area contributed by atoms with Crippen LogP contribution < -0.4 is 16.6 Å². The second-order valence-electron chi connectivity index (χ2n) is 5.24. The molecular formula is C14H32N4O. The molecule has 0 atom stereocenters. The molecule has 0 saturated heterocycles. The summed E-state index contributed by atoms with van der Waals surface area (Å²) in [5.41, 5.74) is 2.59. The number of aliphatic imine (C=N–C) groups is 1. The third kappa shape index (κ3) is 13.4. The summed E-state index contributed by atoms with van der Waals surface area (Å²) in [6.07, 6.45) is 7.33. The van der Waals surface area contributed by atoms with E-state index in [1.54, 1.807) is 7.11 Å². The van der Waals surface area contributed by atoms with Gasteiger partial charge in [0, 0.05) is 26.8 Å². The van der Waals surface area contributed by atoms with Crippen LogP contribution in [0.1, 0.15) is 52.4 Å². The van der Waals surface area contributed by atoms with Gasteiger partial charge in [-0.3, -0.25) is 10.4 Å². The molecule has 4 N–H and O–H groups in total. The highest BCUT2D eigenvalue weighted by Crippen LogP contribution is 2.08. The molecule has 0 spiro atoms. The van der Waals surface area contributed by atoms with Gasteiger partial charge < -0.3 is 10.1 Å². The van der Waals surface area contributed by atoms with E-state index in [1.165, 1.54) is 25.7 Å². The van der Waals surface area contributed by atoms with Crippen LogP contribution in [0.25, 0.3) is 0 Å². The van der Waals surface area contributed by atoms with Crippen molar-refractivity contribution < 1.29 is 4.74 Å². The summed E-state index contributed by atoms with van der Waals surface area (Å²) in [7, 11) is 1.70. The van der Waals surface area contributed by atoms with Crippen LogP contribution in [0.5, 0.6) is 0 Å². The largest absolute Gasteiger partial charge is 0.385 e. The third-order valence-corrected chi connectivity index (χ3v) is 2.91. The lowest BCUT2D eigenvalue weighted by atomic mass is 10.0. The van der Waals surface area contributed by atoms with Gasteiger partial charge in [0.15, 0.2) is 0 Å². The number of hydrogen-bond donors (Lipinski definition) is 3. The van der Waals surface area contributed by atoms with Gasteiger partial charge in [0.25, 0.3) is 0 Å². The lowest BCUT2D eigenvalue weighted by molar-refractivity contribution is 0.197. The van der Waals surface area contributed by atoms with Gasteiger partial charge in [0.2, 0.25) is 5.96 Å². The molecule has 0 rings (SSSR count). The normalized spacial score (nSPS) is 11.9. The summed E-state index contributed by atoms with van der Waals surface area (Å²) in [5, 5.41) is 3.22. The lowest BCUT2D eigenvalue weighted by Crippen LogP contribution is -2.42. The number of nitrogens with zero attached hydrogens (tertiary/aromatic N) is 1. The quantitative estimate of drug-likeness (QED) is 0.177. The van der Waals surface area contributed by atoms with E-state index in [9.17, 15) is 0 Å². The number of methoxy groups -OCH3 is 1. The van der Waals surface area contributed by atoms with E-state index in [0.29, 0.717) is 5.96 Å². The zero-order valence-electron chi connectivity index (χ0n) is 12.9. The standard InChI is InChI=1S/C14H32N4O/c1-13(2)9-6-4-5-7-10-16-14(18-15)17-11-8-12-19-3/h13H,4-12,15H2,1-3H3,(H2,16,17,18). The van der Waals surface area contributed by atoms with Crippen LogP contribution in [0.4, 0.5) is 0 Å². The Morgan fingerprint density at radius 3 is 2.53 bits per heavy atom. The number of hydrazine groups is 1. The monoisotopic (exact) mass is 272 g/mol. The van der Waals surface area contributed by atoms with E-state index >= 15 is 0 Å². The zero-order chi connectivity index (χ0) is 14.3. The maximum atomic E-state index is 5.41. The third-order valence-electron chi connectivity index (χ3n) is 2.91. The maximum Gasteiger partial charge on any atom is 0.205 e. The van der Waals surface area contributed by atoms with E-state index in [1.807, 2.05) is 0 Å². The van der Waals surface area contributed by atoms with Crippen LogP contribution in [-0.2, 0) is 4.74 Å². The molecule has 0 heterocycles. The van der Waals surface area contributed by atoms with E-state index in [-0.39, 0.29) is 0 Å². The average Bonchev–Trinajstić information content (AvgIpc) is 2.39. The smallest absolute Gasteiger partial charge is 0.205 e. The van der Waals surface area contributed by atoms with Crippen LogP contribution in [0.3, 0.4) is 0 Å². The first-order valence-electron chi connectivity index (χ1n) is 7.44. The van der Waals surface area contributed by atoms with Gasteiger partial charge in [-0.25, -0.2) is 5.84 Å². The van der Waals surface area contributed by atoms with Crippen molar-refractivity contribution in [3.05, 3.63) is 0 Å². The topological polar surface area (TPSA) is 71.7 Å². The van der Waals surface area contributed by atoms with Crippen LogP contribution in [0.15, 0.2) is 4.99 Å². The lowest BCUT2D eigenvalue weighted by Gasteiger charge is -2.09. The molecule has 0 aliphatic rings. The predicted molar refractivity (Wildman–Crippen MR) is 82.0 cm³/mol. The minimum absolute atomic E-state index is 0.679. The van der Waals surface area contributed by atoms with Crippen molar-refractivity contribution in [2.24, 2.45) is 16.8 Å². The van der Waals surface area contributed by atoms with Crippen LogP contribution in [-0.4, -0.2) is 32.8 Å². The number of guanidine groups is 1. The van der Waals surface area contributed by atoms with Gasteiger partial charge in [-0.1, -0.05) is 39.5 Å². The Bertz CT molecular complexity index is 219. The number of unbranched alkanes of at least 4 members (excludes halogenated alkanes) is 3. The number of nitrogens with two attached hydrogens (primary N) is 1. The summed E-state index contributed by atoms with van der Waals surface area (Å²) in [6.45, 7) is 6.95. The number of hydrogen-bond acceptors (Lipinski definition) is 3. The van der Waals surface area contributed by atoms with Gasteiger partial charge in [-0.15, -0.1) is 0 Å². The predicted octanol–water partition coefficient (Wildman–Crippen LogP) is 2.04. The second-order valence-corrected chi connectivity index (χ2v) is 5.24. The molecule has 0 aromatic carbocycles. The fraction of sp³-hybridized carbons (Fsp3) is 0.929. The molecule has 0 unspecified atom stereocenters. The number of ether oxygens (including phenoxy) is 1. The zero-order valence-corrected chi connectivity index (χ0v) is 12.9. The molecule has 0 aliphatic heterocycles. The Morgan fingerprint density at radius 1 is 1.16 bits per heavy atom. The van der Waals surface area contributed by atoms with E-state index in [0.717, 1.165) is 38.5 Å². The molecule has 0 aromatic rings. The van der Waals surface area contributed by atoms with Crippen LogP contribution >= 0.6 is 0 Å². The SMILES string of the molecule is COCCCN=C(NN)NCCCCCCC(C)C. The molecule has 5 heteroatoms. The number of nitrogens with one attached hydrogen (secondary N) is 2. The van der Waals surface area contributed by atoms with Gasteiger partial charge in [-0.05, 0) is 18.8 Å². The van der Waals surface area contributed by atoms with Gasteiger partial charge in [-0.2, -0.15) is 0 Å². The van der Waals surface area contributed by atoms with Crippen molar-refractivity contribution in [2.45, 2.75) is 52.4 Å². The highest BCUT2D eigenvalue weighted by atomic mass is 16.5. The Kier molecular flexibility index (Phi) is 13.0. The van der Waals surface area contributed by atoms with E-state index < -0.39 is 0 Å². The van der Waals surface area contributed by atoms with Gasteiger partial charge in [0.05, 0.1) is 0 Å². The Balaban J connectivity index is 3.45. The summed E-state index contributed by atoms with van der Waals surface area (Å²) < 4.78 is 4.97. The summed E-state index contributed by atoms with van der Waals surface area (Å²) >= 11 is 0. The molecule has 0 radical (unpaired) electrons. The average molecular weight is 272 g/mol. The van der Waals surface area contributed by atoms with Crippen molar-refractivity contribution >= 4 is 5.96 Å². The second kappa shape index (κ2) is 13.6. The molecule has 0 amide bonds. The minimum Gasteiger partial charge on any atom is -0.385 e. The highest BCUT2D eigenvalue weighted by Gasteiger charge is 1.97. The van der Waals surface area contributed by atoms with Crippen molar-refractivity contribution in [3.63, 3.8) is 0 Å². The first-order valence-corrected chi connectivity index (χ1v) is 7.44. The molecule has 114 valence electrons. The molecule has 19 heavy (non-hydrogen) atoms. The molecule has 0 saturated carbocycles. The Hall–Kier alpha value is -0.810. The Labute approximate surface area is 118 Å². The first-order chi connectivity index (χ1) is 9.20. The summed E-state index contributed by atoms with van der Waals surface area (Å²) in [6, 6.07) is 0. The van der Waals surface area contributed by atoms with E-state index in [4.69, 9.17) is 10.6 Å². The van der Waals surface area contributed by atoms with E-state index in [2.05, 4.69) is 29.6 Å². The van der Waals surface area contributed by atoms with Crippen LogP contribution in [0, 0.1) is 5.92 Å². The molecular weight excluding hydrogens is 240 g/mol.